The summed E-state index contributed by atoms with van der Waals surface area (Å²) >= 11 is 0. The van der Waals surface area contributed by atoms with Gasteiger partial charge >= 0.3 is 5.97 Å². The van der Waals surface area contributed by atoms with Crippen LogP contribution in [0.15, 0.2) is 0 Å². The van der Waals surface area contributed by atoms with E-state index >= 15 is 0 Å². The molecule has 6 nitrogen and oxygen atoms in total. The van der Waals surface area contributed by atoms with Gasteiger partial charge in [0.25, 0.3) is 5.91 Å². The monoisotopic (exact) mass is 316 g/mol. The number of carbonyl (C=O) groups is 2. The van der Waals surface area contributed by atoms with Crippen molar-refractivity contribution in [3.63, 3.8) is 0 Å². The molecule has 8 heteroatoms. The number of amides is 1. The fourth-order valence-electron chi connectivity index (χ4n) is 2.04. The Morgan fingerprint density at radius 1 is 1.32 bits per heavy atom. The highest BCUT2D eigenvalue weighted by Gasteiger charge is 2.29. The third-order valence-electron chi connectivity index (χ3n) is 3.24. The zero-order valence-corrected chi connectivity index (χ0v) is 12.7. The van der Waals surface area contributed by atoms with Crippen molar-refractivity contribution >= 4 is 11.9 Å². The number of carbonyl (C=O) groups excluding carboxylic acids is 1. The van der Waals surface area contributed by atoms with Gasteiger partial charge in [0, 0.05) is 31.6 Å². The second-order valence-electron chi connectivity index (χ2n) is 4.99. The van der Waals surface area contributed by atoms with Crippen molar-refractivity contribution in [2.24, 2.45) is 5.73 Å². The summed E-state index contributed by atoms with van der Waals surface area (Å²) in [5.74, 6) is -4.79. The number of hydrogen-bond donors (Lipinski definition) is 2. The first-order valence-corrected chi connectivity index (χ1v) is 6.37. The Morgan fingerprint density at radius 2 is 1.86 bits per heavy atom. The molecule has 1 aromatic carbocycles. The molecule has 0 radical (unpaired) electrons. The van der Waals surface area contributed by atoms with E-state index in [9.17, 15) is 18.4 Å². The molecule has 0 aromatic heterocycles. The van der Waals surface area contributed by atoms with Crippen LogP contribution in [0.25, 0.3) is 0 Å². The van der Waals surface area contributed by atoms with Crippen LogP contribution >= 0.6 is 0 Å². The topological polar surface area (TPSA) is 92.9 Å². The first kappa shape index (κ1) is 17.8. The van der Waals surface area contributed by atoms with E-state index in [1.54, 1.807) is 0 Å². The maximum Gasteiger partial charge on any atom is 0.320 e. The van der Waals surface area contributed by atoms with Crippen molar-refractivity contribution in [2.75, 3.05) is 21.2 Å². The number of nitrogens with two attached hydrogens (primary N) is 1. The lowest BCUT2D eigenvalue weighted by atomic mass is 9.94. The number of nitrogens with zero attached hydrogens (tertiary/aromatic N) is 1. The molecule has 1 unspecified atom stereocenters. The second-order valence-corrected chi connectivity index (χ2v) is 4.99. The van der Waals surface area contributed by atoms with E-state index in [0.29, 0.717) is 0 Å². The van der Waals surface area contributed by atoms with E-state index < -0.39 is 41.7 Å². The number of methoxy groups -OCH3 is 1. The van der Waals surface area contributed by atoms with E-state index in [1.165, 1.54) is 21.0 Å². The molecule has 22 heavy (non-hydrogen) atoms. The van der Waals surface area contributed by atoms with Gasteiger partial charge in [0.2, 0.25) is 0 Å². The van der Waals surface area contributed by atoms with Gasteiger partial charge in [-0.2, -0.15) is 0 Å². The summed E-state index contributed by atoms with van der Waals surface area (Å²) in [6.45, 7) is 1.30. The number of hydrogen-bond acceptors (Lipinski definition) is 4. The summed E-state index contributed by atoms with van der Waals surface area (Å²) in [6.07, 6.45) is -0.465. The molecule has 1 amide bonds. The molecule has 0 saturated carbocycles. The van der Waals surface area contributed by atoms with Gasteiger partial charge in [-0.05, 0) is 6.92 Å². The largest absolute Gasteiger partial charge is 0.491 e. The SMILES string of the molecule is COc1c(F)c(C)c(C(=O)N(C)C)c(CC(N)C(=O)O)c1F. The van der Waals surface area contributed by atoms with Crippen LogP contribution < -0.4 is 10.5 Å². The van der Waals surface area contributed by atoms with Crippen molar-refractivity contribution in [3.8, 4) is 5.75 Å². The quantitative estimate of drug-likeness (QED) is 0.843. The van der Waals surface area contributed by atoms with Gasteiger partial charge in [0.05, 0.1) is 12.7 Å². The molecule has 0 fully saturated rings. The number of carboxylic acids is 1. The first-order valence-electron chi connectivity index (χ1n) is 6.37. The zero-order valence-electron chi connectivity index (χ0n) is 12.7. The lowest BCUT2D eigenvalue weighted by Crippen LogP contribution is -2.34. The van der Waals surface area contributed by atoms with Crippen LogP contribution in [0.3, 0.4) is 0 Å². The van der Waals surface area contributed by atoms with Crippen LogP contribution in [0.1, 0.15) is 21.5 Å². The Labute approximate surface area is 126 Å². The normalized spacial score (nSPS) is 12.0. The number of aliphatic carboxylic acids is 1. The van der Waals surface area contributed by atoms with Crippen molar-refractivity contribution < 1.29 is 28.2 Å². The predicted molar refractivity (Wildman–Crippen MR) is 75.0 cm³/mol. The van der Waals surface area contributed by atoms with Crippen molar-refractivity contribution in [1.29, 1.82) is 0 Å². The molecule has 0 heterocycles. The van der Waals surface area contributed by atoms with Gasteiger partial charge in [-0.25, -0.2) is 8.78 Å². The molecule has 1 atom stereocenters. The van der Waals surface area contributed by atoms with Gasteiger partial charge in [0.15, 0.2) is 17.4 Å². The highest BCUT2D eigenvalue weighted by molar-refractivity contribution is 5.97. The van der Waals surface area contributed by atoms with Crippen LogP contribution in [0.5, 0.6) is 5.75 Å². The summed E-state index contributed by atoms with van der Waals surface area (Å²) in [5, 5.41) is 8.88. The molecule has 0 spiro atoms. The minimum atomic E-state index is -1.43. The average Bonchev–Trinajstić information content (AvgIpc) is 2.44. The van der Waals surface area contributed by atoms with Crippen LogP contribution in [0.4, 0.5) is 8.78 Å². The van der Waals surface area contributed by atoms with Crippen molar-refractivity contribution in [3.05, 3.63) is 28.3 Å². The third-order valence-corrected chi connectivity index (χ3v) is 3.24. The van der Waals surface area contributed by atoms with Crippen LogP contribution in [0, 0.1) is 18.6 Å². The van der Waals surface area contributed by atoms with Crippen molar-refractivity contribution in [1.82, 2.24) is 4.90 Å². The molecule has 1 rings (SSSR count). The molecule has 0 aliphatic carbocycles. The minimum Gasteiger partial charge on any atom is -0.491 e. The Hall–Kier alpha value is -2.22. The summed E-state index contributed by atoms with van der Waals surface area (Å²) in [4.78, 5) is 24.2. The molecule has 0 aliphatic rings. The molecular weight excluding hydrogens is 298 g/mol. The van der Waals surface area contributed by atoms with Gasteiger partial charge in [-0.3, -0.25) is 9.59 Å². The van der Waals surface area contributed by atoms with Gasteiger partial charge < -0.3 is 20.5 Å². The van der Waals surface area contributed by atoms with E-state index in [2.05, 4.69) is 4.74 Å². The lowest BCUT2D eigenvalue weighted by molar-refractivity contribution is -0.138. The molecule has 122 valence electrons. The Morgan fingerprint density at radius 3 is 2.27 bits per heavy atom. The molecule has 1 aromatic rings. The highest BCUT2D eigenvalue weighted by Crippen LogP contribution is 2.32. The second kappa shape index (κ2) is 6.69. The Balaban J connectivity index is 3.65. The average molecular weight is 316 g/mol. The maximum absolute atomic E-state index is 14.4. The predicted octanol–water partition coefficient (Wildman–Crippen LogP) is 0.938. The van der Waals surface area contributed by atoms with E-state index in [0.717, 1.165) is 12.0 Å². The third kappa shape index (κ3) is 3.16. The van der Waals surface area contributed by atoms with Crippen molar-refractivity contribution in [2.45, 2.75) is 19.4 Å². The number of carboxylic acid groups (broad SMARTS) is 1. The van der Waals surface area contributed by atoms with Crippen LogP contribution in [-0.4, -0.2) is 49.1 Å². The zero-order chi connectivity index (χ0) is 17.2. The number of rotatable bonds is 5. The number of ether oxygens (including phenoxy) is 1. The molecule has 3 N–H and O–H groups in total. The molecule has 0 aliphatic heterocycles. The minimum absolute atomic E-state index is 0.121. The van der Waals surface area contributed by atoms with Crippen LogP contribution in [0.2, 0.25) is 0 Å². The first-order chi connectivity index (χ1) is 10.1. The fraction of sp³-hybridized carbons (Fsp3) is 0.429. The van der Waals surface area contributed by atoms with E-state index in [1.807, 2.05) is 0 Å². The standard InChI is InChI=1S/C14H18F2N2O4/c1-6-9(13(19)18(2)3)7(5-8(17)14(20)21)11(16)12(22-4)10(6)15/h8H,5,17H2,1-4H3,(H,20,21). The Kier molecular flexibility index (Phi) is 5.43. The maximum atomic E-state index is 14.4. The molecule has 0 saturated heterocycles. The highest BCUT2D eigenvalue weighted by atomic mass is 19.1. The molecule has 0 bridgehead atoms. The number of benzene rings is 1. The summed E-state index contributed by atoms with van der Waals surface area (Å²) in [7, 11) is 3.92. The summed E-state index contributed by atoms with van der Waals surface area (Å²) < 4.78 is 33.2. The van der Waals surface area contributed by atoms with Crippen LogP contribution in [-0.2, 0) is 11.2 Å². The van der Waals surface area contributed by atoms with Gasteiger partial charge in [-0.1, -0.05) is 0 Å². The number of halogens is 2. The van der Waals surface area contributed by atoms with E-state index in [-0.39, 0.29) is 16.7 Å². The summed E-state index contributed by atoms with van der Waals surface area (Å²) in [6, 6.07) is -1.43. The van der Waals surface area contributed by atoms with Gasteiger partial charge in [0.1, 0.15) is 6.04 Å². The lowest BCUT2D eigenvalue weighted by Gasteiger charge is -2.20. The Bertz CT molecular complexity index is 618. The fourth-order valence-corrected chi connectivity index (χ4v) is 2.04. The smallest absolute Gasteiger partial charge is 0.320 e. The van der Waals surface area contributed by atoms with E-state index in [4.69, 9.17) is 10.8 Å². The molecular formula is C14H18F2N2O4. The van der Waals surface area contributed by atoms with Gasteiger partial charge in [-0.15, -0.1) is 0 Å². The summed E-state index contributed by atoms with van der Waals surface area (Å²) in [5.41, 5.74) is 4.78.